The molecule has 0 aromatic heterocycles. The van der Waals surface area contributed by atoms with Crippen molar-refractivity contribution in [1.82, 2.24) is 0 Å². The fourth-order valence-corrected chi connectivity index (χ4v) is 1.34. The monoisotopic (exact) mass is 184 g/mol. The second-order valence-corrected chi connectivity index (χ2v) is 3.53. The van der Waals surface area contributed by atoms with E-state index in [9.17, 15) is 10.2 Å². The van der Waals surface area contributed by atoms with Crippen LogP contribution in [0.1, 0.15) is 24.6 Å². The SMILES string of the molecule is CCC(P)c1cccc(O)c1O. The van der Waals surface area contributed by atoms with E-state index >= 15 is 0 Å². The average molecular weight is 184 g/mol. The normalized spacial score (nSPS) is 12.8. The van der Waals surface area contributed by atoms with Crippen LogP contribution in [0.4, 0.5) is 0 Å². The zero-order valence-electron chi connectivity index (χ0n) is 6.99. The van der Waals surface area contributed by atoms with Crippen molar-refractivity contribution in [2.45, 2.75) is 19.0 Å². The van der Waals surface area contributed by atoms with Crippen LogP contribution in [0, 0.1) is 0 Å². The first-order valence-corrected chi connectivity index (χ1v) is 4.60. The molecule has 0 radical (unpaired) electrons. The maximum Gasteiger partial charge on any atom is 0.161 e. The molecule has 3 heteroatoms. The van der Waals surface area contributed by atoms with Crippen molar-refractivity contribution >= 4 is 9.24 Å². The fraction of sp³-hybridized carbons (Fsp3) is 0.333. The lowest BCUT2D eigenvalue weighted by Gasteiger charge is -2.11. The molecule has 0 spiro atoms. The van der Waals surface area contributed by atoms with Gasteiger partial charge in [0, 0.05) is 11.2 Å². The molecule has 12 heavy (non-hydrogen) atoms. The molecule has 0 fully saturated rings. The molecule has 2 unspecified atom stereocenters. The van der Waals surface area contributed by atoms with E-state index in [1.807, 2.05) is 13.0 Å². The van der Waals surface area contributed by atoms with Gasteiger partial charge < -0.3 is 10.2 Å². The third kappa shape index (κ3) is 1.70. The van der Waals surface area contributed by atoms with Gasteiger partial charge in [0.25, 0.3) is 0 Å². The largest absolute Gasteiger partial charge is 0.504 e. The lowest BCUT2D eigenvalue weighted by molar-refractivity contribution is 0.399. The van der Waals surface area contributed by atoms with Crippen LogP contribution in [-0.4, -0.2) is 10.2 Å². The number of hydrogen-bond donors (Lipinski definition) is 2. The molecular weight excluding hydrogens is 171 g/mol. The number of benzene rings is 1. The van der Waals surface area contributed by atoms with Gasteiger partial charge in [-0.25, -0.2) is 0 Å². The van der Waals surface area contributed by atoms with Gasteiger partial charge in [-0.05, 0) is 12.5 Å². The number of aromatic hydroxyl groups is 2. The van der Waals surface area contributed by atoms with Gasteiger partial charge in [0.1, 0.15) is 0 Å². The van der Waals surface area contributed by atoms with Crippen molar-refractivity contribution in [2.75, 3.05) is 0 Å². The summed E-state index contributed by atoms with van der Waals surface area (Å²) in [7, 11) is 2.63. The van der Waals surface area contributed by atoms with Crippen LogP contribution in [0.3, 0.4) is 0 Å². The molecule has 0 aliphatic rings. The summed E-state index contributed by atoms with van der Waals surface area (Å²) < 4.78 is 0. The Labute approximate surface area is 74.4 Å². The first-order valence-electron chi connectivity index (χ1n) is 3.93. The fourth-order valence-electron chi connectivity index (χ4n) is 1.07. The number of phenols is 2. The van der Waals surface area contributed by atoms with Crippen LogP contribution < -0.4 is 0 Å². The van der Waals surface area contributed by atoms with Gasteiger partial charge in [0.05, 0.1) is 0 Å². The first-order chi connectivity index (χ1) is 5.66. The van der Waals surface area contributed by atoms with Gasteiger partial charge >= 0.3 is 0 Å². The lowest BCUT2D eigenvalue weighted by atomic mass is 10.1. The Kier molecular flexibility index (Phi) is 2.93. The van der Waals surface area contributed by atoms with Crippen LogP contribution in [0.5, 0.6) is 11.5 Å². The number of phenolic OH excluding ortho intramolecular Hbond substituents is 2. The Balaban J connectivity index is 3.07. The molecule has 0 saturated carbocycles. The van der Waals surface area contributed by atoms with Crippen molar-refractivity contribution in [2.24, 2.45) is 0 Å². The maximum absolute atomic E-state index is 9.44. The zero-order valence-corrected chi connectivity index (χ0v) is 8.14. The standard InChI is InChI=1S/C9H13O2P/c1-2-8(12)6-4-3-5-7(10)9(6)11/h3-5,8,10-11H,2,12H2,1H3. The first kappa shape index (κ1) is 9.34. The number of rotatable bonds is 2. The van der Waals surface area contributed by atoms with Crippen LogP contribution in [0.15, 0.2) is 18.2 Å². The highest BCUT2D eigenvalue weighted by Crippen LogP contribution is 2.37. The Bertz CT molecular complexity index is 273. The highest BCUT2D eigenvalue weighted by molar-refractivity contribution is 7.17. The van der Waals surface area contributed by atoms with Gasteiger partial charge in [-0.2, -0.15) is 0 Å². The average Bonchev–Trinajstić information content (AvgIpc) is 2.08. The molecule has 1 aromatic rings. The highest BCUT2D eigenvalue weighted by Gasteiger charge is 2.10. The molecule has 0 aliphatic heterocycles. The predicted octanol–water partition coefficient (Wildman–Crippen LogP) is 2.42. The number of para-hydroxylation sites is 1. The Morgan fingerprint density at radius 2 is 2.08 bits per heavy atom. The van der Waals surface area contributed by atoms with E-state index in [1.54, 1.807) is 6.07 Å². The lowest BCUT2D eigenvalue weighted by Crippen LogP contribution is -1.87. The van der Waals surface area contributed by atoms with E-state index in [-0.39, 0.29) is 17.2 Å². The van der Waals surface area contributed by atoms with E-state index in [2.05, 4.69) is 9.24 Å². The molecule has 2 atom stereocenters. The quantitative estimate of drug-likeness (QED) is 0.547. The van der Waals surface area contributed by atoms with Gasteiger partial charge in [0.2, 0.25) is 0 Å². The summed E-state index contributed by atoms with van der Waals surface area (Å²) in [5.41, 5.74) is 0.986. The van der Waals surface area contributed by atoms with Crippen molar-refractivity contribution in [3.05, 3.63) is 23.8 Å². The Morgan fingerprint density at radius 3 is 2.67 bits per heavy atom. The molecule has 66 valence electrons. The van der Waals surface area contributed by atoms with Crippen molar-refractivity contribution in [3.8, 4) is 11.5 Å². The van der Waals surface area contributed by atoms with E-state index in [1.165, 1.54) is 6.07 Å². The van der Waals surface area contributed by atoms with Crippen molar-refractivity contribution in [1.29, 1.82) is 0 Å². The van der Waals surface area contributed by atoms with Crippen LogP contribution >= 0.6 is 9.24 Å². The van der Waals surface area contributed by atoms with Crippen LogP contribution in [-0.2, 0) is 0 Å². The number of hydrogen-bond acceptors (Lipinski definition) is 2. The third-order valence-corrected chi connectivity index (χ3v) is 2.72. The van der Waals surface area contributed by atoms with Crippen molar-refractivity contribution in [3.63, 3.8) is 0 Å². The zero-order chi connectivity index (χ0) is 9.14. The summed E-state index contributed by atoms with van der Waals surface area (Å²) in [6, 6.07) is 5.03. The minimum atomic E-state index is -0.0478. The molecule has 1 rings (SSSR count). The summed E-state index contributed by atoms with van der Waals surface area (Å²) in [5.74, 6) is -0.0484. The van der Waals surface area contributed by atoms with Gasteiger partial charge in [-0.3, -0.25) is 0 Å². The maximum atomic E-state index is 9.44. The van der Waals surface area contributed by atoms with Gasteiger partial charge in [-0.15, -0.1) is 9.24 Å². The van der Waals surface area contributed by atoms with Crippen LogP contribution in [0.2, 0.25) is 0 Å². The van der Waals surface area contributed by atoms with Gasteiger partial charge in [0.15, 0.2) is 11.5 Å². The molecule has 1 aromatic carbocycles. The minimum Gasteiger partial charge on any atom is -0.504 e. The summed E-state index contributed by atoms with van der Waals surface area (Å²) in [6.45, 7) is 2.03. The van der Waals surface area contributed by atoms with E-state index < -0.39 is 0 Å². The summed E-state index contributed by atoms with van der Waals surface area (Å²) >= 11 is 0. The van der Waals surface area contributed by atoms with Crippen molar-refractivity contribution < 1.29 is 10.2 Å². The summed E-state index contributed by atoms with van der Waals surface area (Å²) in [4.78, 5) is 0. The van der Waals surface area contributed by atoms with E-state index in [0.717, 1.165) is 12.0 Å². The second-order valence-electron chi connectivity index (χ2n) is 2.73. The smallest absolute Gasteiger partial charge is 0.161 e. The molecule has 0 aliphatic carbocycles. The molecule has 2 nitrogen and oxygen atoms in total. The van der Waals surface area contributed by atoms with E-state index in [0.29, 0.717) is 0 Å². The molecule has 2 N–H and O–H groups in total. The summed E-state index contributed by atoms with van der Waals surface area (Å²) in [5, 5.41) is 18.6. The van der Waals surface area contributed by atoms with Gasteiger partial charge in [-0.1, -0.05) is 19.1 Å². The Morgan fingerprint density at radius 1 is 1.42 bits per heavy atom. The molecule has 0 saturated heterocycles. The minimum absolute atomic E-state index is 0.000602. The molecule has 0 bridgehead atoms. The Hall–Kier alpha value is -0.750. The van der Waals surface area contributed by atoms with E-state index in [4.69, 9.17) is 0 Å². The van der Waals surface area contributed by atoms with Crippen LogP contribution in [0.25, 0.3) is 0 Å². The topological polar surface area (TPSA) is 40.5 Å². The third-order valence-electron chi connectivity index (χ3n) is 1.89. The molecule has 0 heterocycles. The second kappa shape index (κ2) is 3.77. The highest BCUT2D eigenvalue weighted by atomic mass is 31.0. The molecule has 0 amide bonds. The summed E-state index contributed by atoms with van der Waals surface area (Å²) in [6.07, 6.45) is 0.918. The predicted molar refractivity (Wildman–Crippen MR) is 52.5 cm³/mol. The molecular formula is C9H13O2P.